The smallest absolute Gasteiger partial charge is 0.272 e. The molecule has 2 aromatic heterocycles. The van der Waals surface area contributed by atoms with Crippen LogP contribution in [0.2, 0.25) is 0 Å². The maximum Gasteiger partial charge on any atom is 0.279 e. The summed E-state index contributed by atoms with van der Waals surface area (Å²) in [5.41, 5.74) is 1.07. The Kier molecular flexibility index (Phi) is 3.87. The maximum atomic E-state index is 11.9. The summed E-state index contributed by atoms with van der Waals surface area (Å²) in [6.45, 7) is 3.43. The average Bonchev–Trinajstić information content (AvgIpc) is 3.09. The van der Waals surface area contributed by atoms with Gasteiger partial charge in [-0.2, -0.15) is 22.5 Å². The summed E-state index contributed by atoms with van der Waals surface area (Å²) >= 11 is 1.62. The second-order valence-corrected chi connectivity index (χ2v) is 8.00. The third-order valence-corrected chi connectivity index (χ3v) is 6.48. The average molecular weight is 326 g/mol. The summed E-state index contributed by atoms with van der Waals surface area (Å²) in [6, 6.07) is 3.90. The van der Waals surface area contributed by atoms with E-state index in [4.69, 9.17) is 0 Å². The number of rotatable bonds is 3. The minimum atomic E-state index is -3.34. The first-order valence-electron chi connectivity index (χ1n) is 6.86. The lowest BCUT2D eigenvalue weighted by atomic mass is 10.2. The Balaban J connectivity index is 1.82. The van der Waals surface area contributed by atoms with Gasteiger partial charge in [-0.1, -0.05) is 0 Å². The minimum absolute atomic E-state index is 0.133. The maximum absolute atomic E-state index is 11.9. The van der Waals surface area contributed by atoms with E-state index in [0.717, 1.165) is 28.3 Å². The fraction of sp³-hybridized carbons (Fsp3) is 0.462. The van der Waals surface area contributed by atoms with Crippen LogP contribution < -0.4 is 4.72 Å². The zero-order chi connectivity index (χ0) is 15.0. The summed E-state index contributed by atoms with van der Waals surface area (Å²) in [4.78, 5) is 2.16. The van der Waals surface area contributed by atoms with Crippen LogP contribution in [0, 0.1) is 0 Å². The molecule has 1 fully saturated rings. The molecule has 0 spiro atoms. The van der Waals surface area contributed by atoms with Gasteiger partial charge in [-0.25, -0.2) is 0 Å². The molecule has 1 aliphatic heterocycles. The molecule has 6 nitrogen and oxygen atoms in total. The topological polar surface area (TPSA) is 67.2 Å². The predicted octanol–water partition coefficient (Wildman–Crippen LogP) is 1.84. The van der Waals surface area contributed by atoms with Crippen molar-refractivity contribution < 1.29 is 8.42 Å². The molecule has 1 aliphatic rings. The van der Waals surface area contributed by atoms with Crippen LogP contribution in [0.1, 0.15) is 24.3 Å². The molecule has 21 heavy (non-hydrogen) atoms. The Morgan fingerprint density at radius 1 is 1.48 bits per heavy atom. The van der Waals surface area contributed by atoms with Gasteiger partial charge in [0.15, 0.2) is 0 Å². The molecule has 0 amide bonds. The highest BCUT2D eigenvalue weighted by atomic mass is 32.2. The third kappa shape index (κ3) is 2.89. The van der Waals surface area contributed by atoms with Crippen molar-refractivity contribution in [1.29, 1.82) is 0 Å². The first-order valence-corrected chi connectivity index (χ1v) is 9.11. The van der Waals surface area contributed by atoms with E-state index in [0.29, 0.717) is 6.54 Å². The summed E-state index contributed by atoms with van der Waals surface area (Å²) < 4.78 is 29.7. The number of aromatic nitrogens is 2. The fourth-order valence-corrected chi connectivity index (χ4v) is 4.59. The second kappa shape index (κ2) is 5.53. The van der Waals surface area contributed by atoms with Gasteiger partial charge in [-0.3, -0.25) is 4.68 Å². The predicted molar refractivity (Wildman–Crippen MR) is 83.3 cm³/mol. The van der Waals surface area contributed by atoms with E-state index >= 15 is 0 Å². The summed E-state index contributed by atoms with van der Waals surface area (Å²) in [6.07, 6.45) is 4.64. The number of hydrogen-bond acceptors (Lipinski definition) is 4. The van der Waals surface area contributed by atoms with E-state index in [9.17, 15) is 8.42 Å². The van der Waals surface area contributed by atoms with Crippen LogP contribution in [0.25, 0.3) is 10.4 Å². The van der Waals surface area contributed by atoms with E-state index in [1.54, 1.807) is 18.4 Å². The summed E-state index contributed by atoms with van der Waals surface area (Å²) in [7, 11) is -1.75. The number of aryl methyl sites for hydroxylation is 1. The van der Waals surface area contributed by atoms with Gasteiger partial charge in [0.2, 0.25) is 0 Å². The standard InChI is InChI=1S/C13H18N4O2S2/c1-3-17-9-10(8-14-17)12-4-5-13(20-12)11-6-7-16(2)21(18,19)15-11/h4-5,8-9,11,15H,3,6-7H2,1-2H3/t11-/m0/s1. The molecule has 1 atom stereocenters. The first kappa shape index (κ1) is 14.7. The van der Waals surface area contributed by atoms with Crippen molar-refractivity contribution in [3.05, 3.63) is 29.4 Å². The monoisotopic (exact) mass is 326 g/mol. The van der Waals surface area contributed by atoms with Crippen molar-refractivity contribution in [2.45, 2.75) is 25.9 Å². The highest BCUT2D eigenvalue weighted by Gasteiger charge is 2.30. The quantitative estimate of drug-likeness (QED) is 0.936. The highest BCUT2D eigenvalue weighted by Crippen LogP contribution is 2.34. The van der Waals surface area contributed by atoms with Gasteiger partial charge in [0.1, 0.15) is 0 Å². The van der Waals surface area contributed by atoms with Gasteiger partial charge < -0.3 is 0 Å². The zero-order valence-corrected chi connectivity index (χ0v) is 13.6. The van der Waals surface area contributed by atoms with Gasteiger partial charge in [0.25, 0.3) is 10.2 Å². The molecule has 0 aliphatic carbocycles. The Morgan fingerprint density at radius 3 is 2.95 bits per heavy atom. The van der Waals surface area contributed by atoms with Crippen LogP contribution in [-0.2, 0) is 16.8 Å². The molecular formula is C13H18N4O2S2. The Morgan fingerprint density at radius 2 is 2.29 bits per heavy atom. The van der Waals surface area contributed by atoms with Crippen LogP contribution in [0.5, 0.6) is 0 Å². The van der Waals surface area contributed by atoms with Crippen LogP contribution in [0.3, 0.4) is 0 Å². The van der Waals surface area contributed by atoms with Gasteiger partial charge >= 0.3 is 0 Å². The van der Waals surface area contributed by atoms with E-state index in [2.05, 4.69) is 9.82 Å². The van der Waals surface area contributed by atoms with Crippen LogP contribution in [0.15, 0.2) is 24.5 Å². The lowest BCUT2D eigenvalue weighted by Crippen LogP contribution is -2.46. The fourth-order valence-electron chi connectivity index (χ4n) is 2.32. The molecule has 0 unspecified atom stereocenters. The van der Waals surface area contributed by atoms with Crippen molar-refractivity contribution in [2.75, 3.05) is 13.6 Å². The van der Waals surface area contributed by atoms with E-state index < -0.39 is 10.2 Å². The first-order chi connectivity index (χ1) is 9.99. The minimum Gasteiger partial charge on any atom is -0.272 e. The Hall–Kier alpha value is -1.22. The van der Waals surface area contributed by atoms with Crippen LogP contribution in [-0.4, -0.2) is 36.1 Å². The van der Waals surface area contributed by atoms with E-state index in [-0.39, 0.29) is 6.04 Å². The molecule has 8 heteroatoms. The summed E-state index contributed by atoms with van der Waals surface area (Å²) in [5, 5.41) is 4.27. The largest absolute Gasteiger partial charge is 0.279 e. The molecule has 1 N–H and O–H groups in total. The van der Waals surface area contributed by atoms with Crippen molar-refractivity contribution in [3.63, 3.8) is 0 Å². The van der Waals surface area contributed by atoms with E-state index in [1.807, 2.05) is 36.1 Å². The van der Waals surface area contributed by atoms with Gasteiger partial charge in [-0.05, 0) is 25.5 Å². The second-order valence-electron chi connectivity index (χ2n) is 5.07. The molecule has 0 bridgehead atoms. The molecular weight excluding hydrogens is 308 g/mol. The van der Waals surface area contributed by atoms with Gasteiger partial charge in [0, 0.05) is 41.7 Å². The number of thiophene rings is 1. The zero-order valence-electron chi connectivity index (χ0n) is 12.0. The SMILES string of the molecule is CCn1cc(-c2ccc([C@@H]3CCN(C)S(=O)(=O)N3)s2)cn1. The van der Waals surface area contributed by atoms with Crippen molar-refractivity contribution >= 4 is 21.5 Å². The lowest BCUT2D eigenvalue weighted by molar-refractivity contribution is 0.384. The highest BCUT2D eigenvalue weighted by molar-refractivity contribution is 7.87. The van der Waals surface area contributed by atoms with Crippen LogP contribution in [0.4, 0.5) is 0 Å². The lowest BCUT2D eigenvalue weighted by Gasteiger charge is -2.29. The molecule has 0 radical (unpaired) electrons. The van der Waals surface area contributed by atoms with Gasteiger partial charge in [0.05, 0.1) is 12.2 Å². The molecule has 0 aromatic carbocycles. The number of hydrogen-bond donors (Lipinski definition) is 1. The molecule has 3 heterocycles. The molecule has 2 aromatic rings. The number of nitrogens with one attached hydrogen (secondary N) is 1. The molecule has 1 saturated heterocycles. The van der Waals surface area contributed by atoms with Crippen LogP contribution >= 0.6 is 11.3 Å². The molecule has 3 rings (SSSR count). The Labute approximate surface area is 128 Å². The van der Waals surface area contributed by atoms with E-state index in [1.165, 1.54) is 4.31 Å². The third-order valence-electron chi connectivity index (χ3n) is 3.65. The number of nitrogens with zero attached hydrogens (tertiary/aromatic N) is 3. The summed E-state index contributed by atoms with van der Waals surface area (Å²) in [5.74, 6) is 0. The van der Waals surface area contributed by atoms with Crippen molar-refractivity contribution in [3.8, 4) is 10.4 Å². The Bertz CT molecular complexity index is 735. The molecule has 114 valence electrons. The molecule has 0 saturated carbocycles. The van der Waals surface area contributed by atoms with Gasteiger partial charge in [-0.15, -0.1) is 11.3 Å². The van der Waals surface area contributed by atoms with Crippen molar-refractivity contribution in [2.24, 2.45) is 0 Å². The van der Waals surface area contributed by atoms with Crippen molar-refractivity contribution in [1.82, 2.24) is 18.8 Å². The normalized spacial score (nSPS) is 22.5.